The maximum atomic E-state index is 12.3. The van der Waals surface area contributed by atoms with Gasteiger partial charge in [0.25, 0.3) is 0 Å². The van der Waals surface area contributed by atoms with Gasteiger partial charge in [-0.2, -0.15) is 0 Å². The standard InChI is InChI=1S/C17H18ClNO2/c1-19(12-14-8-3-5-9-15(14)18)17(20)11-13-7-4-6-10-16(13)21-2/h3-10H,11-12H2,1-2H3. The van der Waals surface area contributed by atoms with Crippen molar-refractivity contribution in [2.45, 2.75) is 13.0 Å². The van der Waals surface area contributed by atoms with Crippen molar-refractivity contribution in [3.8, 4) is 5.75 Å². The maximum Gasteiger partial charge on any atom is 0.227 e. The fourth-order valence-electron chi connectivity index (χ4n) is 2.12. The number of hydrogen-bond donors (Lipinski definition) is 0. The molecule has 0 heterocycles. The first-order valence-corrected chi connectivity index (χ1v) is 7.09. The highest BCUT2D eigenvalue weighted by Gasteiger charge is 2.13. The first-order chi connectivity index (χ1) is 10.1. The van der Waals surface area contributed by atoms with Gasteiger partial charge in [0.15, 0.2) is 0 Å². The number of amides is 1. The van der Waals surface area contributed by atoms with Crippen molar-refractivity contribution in [1.29, 1.82) is 0 Å². The molecule has 0 saturated carbocycles. The summed E-state index contributed by atoms with van der Waals surface area (Å²) in [5, 5.41) is 0.675. The van der Waals surface area contributed by atoms with Crippen LogP contribution < -0.4 is 4.74 Å². The van der Waals surface area contributed by atoms with Crippen molar-refractivity contribution in [3.63, 3.8) is 0 Å². The molecule has 0 N–H and O–H groups in total. The predicted octanol–water partition coefficient (Wildman–Crippen LogP) is 3.55. The smallest absolute Gasteiger partial charge is 0.227 e. The van der Waals surface area contributed by atoms with E-state index in [1.165, 1.54) is 0 Å². The second-order valence-corrected chi connectivity index (χ2v) is 5.24. The molecule has 0 fully saturated rings. The van der Waals surface area contributed by atoms with Crippen LogP contribution in [0.5, 0.6) is 5.75 Å². The molecule has 0 atom stereocenters. The van der Waals surface area contributed by atoms with Gasteiger partial charge in [0.1, 0.15) is 5.75 Å². The van der Waals surface area contributed by atoms with Crippen LogP contribution in [0.25, 0.3) is 0 Å². The van der Waals surface area contributed by atoms with E-state index in [1.807, 2.05) is 48.5 Å². The lowest BCUT2D eigenvalue weighted by atomic mass is 10.1. The van der Waals surface area contributed by atoms with E-state index in [0.717, 1.165) is 16.9 Å². The van der Waals surface area contributed by atoms with Gasteiger partial charge in [0, 0.05) is 24.2 Å². The van der Waals surface area contributed by atoms with Gasteiger partial charge < -0.3 is 9.64 Å². The molecule has 0 unspecified atom stereocenters. The molecule has 0 aromatic heterocycles. The number of halogens is 1. The quantitative estimate of drug-likeness (QED) is 0.845. The summed E-state index contributed by atoms with van der Waals surface area (Å²) in [6.45, 7) is 0.494. The van der Waals surface area contributed by atoms with E-state index in [0.29, 0.717) is 18.0 Å². The highest BCUT2D eigenvalue weighted by molar-refractivity contribution is 6.31. The molecular weight excluding hydrogens is 286 g/mol. The molecule has 0 bridgehead atoms. The van der Waals surface area contributed by atoms with Crippen molar-refractivity contribution in [2.75, 3.05) is 14.2 Å². The molecule has 2 aromatic carbocycles. The van der Waals surface area contributed by atoms with E-state index < -0.39 is 0 Å². The van der Waals surface area contributed by atoms with Crippen molar-refractivity contribution >= 4 is 17.5 Å². The molecule has 0 saturated heterocycles. The van der Waals surface area contributed by atoms with E-state index in [9.17, 15) is 4.79 Å². The summed E-state index contributed by atoms with van der Waals surface area (Å²) < 4.78 is 5.27. The van der Waals surface area contributed by atoms with E-state index in [2.05, 4.69) is 0 Å². The molecule has 21 heavy (non-hydrogen) atoms. The fraction of sp³-hybridized carbons (Fsp3) is 0.235. The number of para-hydroxylation sites is 1. The summed E-state index contributed by atoms with van der Waals surface area (Å²) in [6, 6.07) is 15.1. The van der Waals surface area contributed by atoms with E-state index in [4.69, 9.17) is 16.3 Å². The third-order valence-corrected chi connectivity index (χ3v) is 3.69. The van der Waals surface area contributed by atoms with E-state index >= 15 is 0 Å². The molecule has 0 radical (unpaired) electrons. The summed E-state index contributed by atoms with van der Waals surface area (Å²) in [5.74, 6) is 0.761. The minimum Gasteiger partial charge on any atom is -0.496 e. The average molecular weight is 304 g/mol. The molecule has 2 rings (SSSR count). The van der Waals surface area contributed by atoms with Crippen LogP contribution in [0.15, 0.2) is 48.5 Å². The van der Waals surface area contributed by atoms with Crippen LogP contribution in [0.3, 0.4) is 0 Å². The number of nitrogens with zero attached hydrogens (tertiary/aromatic N) is 1. The zero-order chi connectivity index (χ0) is 15.2. The van der Waals surface area contributed by atoms with E-state index in [-0.39, 0.29) is 5.91 Å². The Hall–Kier alpha value is -2.00. The van der Waals surface area contributed by atoms with E-state index in [1.54, 1.807) is 19.1 Å². The molecule has 4 heteroatoms. The Balaban J connectivity index is 2.05. The SMILES string of the molecule is COc1ccccc1CC(=O)N(C)Cc1ccccc1Cl. The van der Waals surface area contributed by atoms with Gasteiger partial charge in [-0.05, 0) is 17.7 Å². The van der Waals surface area contributed by atoms with Gasteiger partial charge in [-0.3, -0.25) is 4.79 Å². The Morgan fingerprint density at radius 1 is 1.10 bits per heavy atom. The summed E-state index contributed by atoms with van der Waals surface area (Å²) in [7, 11) is 3.39. The van der Waals surface area contributed by atoms with Crippen molar-refractivity contribution in [3.05, 3.63) is 64.7 Å². The number of methoxy groups -OCH3 is 1. The van der Waals surface area contributed by atoms with Gasteiger partial charge in [0.2, 0.25) is 5.91 Å². The summed E-state index contributed by atoms with van der Waals surface area (Å²) in [4.78, 5) is 14.0. The van der Waals surface area contributed by atoms with Crippen LogP contribution in [-0.2, 0) is 17.8 Å². The Labute approximate surface area is 130 Å². The Kier molecular flexibility index (Phi) is 5.23. The summed E-state index contributed by atoms with van der Waals surface area (Å²) >= 11 is 6.12. The number of likely N-dealkylation sites (N-methyl/N-ethyl adjacent to an activating group) is 1. The first-order valence-electron chi connectivity index (χ1n) is 6.71. The van der Waals surface area contributed by atoms with Crippen LogP contribution in [0.1, 0.15) is 11.1 Å². The highest BCUT2D eigenvalue weighted by atomic mass is 35.5. The van der Waals surface area contributed by atoms with Gasteiger partial charge in [-0.15, -0.1) is 0 Å². The zero-order valence-electron chi connectivity index (χ0n) is 12.2. The van der Waals surface area contributed by atoms with Crippen LogP contribution >= 0.6 is 11.6 Å². The monoisotopic (exact) mass is 303 g/mol. The number of carbonyl (C=O) groups is 1. The number of benzene rings is 2. The fourth-order valence-corrected chi connectivity index (χ4v) is 2.31. The Morgan fingerprint density at radius 3 is 2.38 bits per heavy atom. The molecule has 1 amide bonds. The van der Waals surface area contributed by atoms with Crippen molar-refractivity contribution < 1.29 is 9.53 Å². The third kappa shape index (κ3) is 3.99. The second kappa shape index (κ2) is 7.14. The minimum atomic E-state index is 0.0272. The molecule has 3 nitrogen and oxygen atoms in total. The zero-order valence-corrected chi connectivity index (χ0v) is 12.9. The molecule has 2 aromatic rings. The molecule has 0 aliphatic rings. The summed E-state index contributed by atoms with van der Waals surface area (Å²) in [6.07, 6.45) is 0.310. The van der Waals surface area contributed by atoms with Gasteiger partial charge in [-0.25, -0.2) is 0 Å². The first kappa shape index (κ1) is 15.4. The topological polar surface area (TPSA) is 29.5 Å². The number of ether oxygens (including phenoxy) is 1. The predicted molar refractivity (Wildman–Crippen MR) is 84.6 cm³/mol. The lowest BCUT2D eigenvalue weighted by molar-refractivity contribution is -0.129. The number of rotatable bonds is 5. The minimum absolute atomic E-state index is 0.0272. The number of carbonyl (C=O) groups excluding carboxylic acids is 1. The van der Waals surface area contributed by atoms with Gasteiger partial charge in [-0.1, -0.05) is 48.0 Å². The molecule has 0 aliphatic heterocycles. The van der Waals surface area contributed by atoms with Crippen LogP contribution in [0.4, 0.5) is 0 Å². The van der Waals surface area contributed by atoms with Gasteiger partial charge in [0.05, 0.1) is 13.5 Å². The van der Waals surface area contributed by atoms with Crippen LogP contribution in [-0.4, -0.2) is 25.0 Å². The Morgan fingerprint density at radius 2 is 1.71 bits per heavy atom. The average Bonchev–Trinajstić information content (AvgIpc) is 2.50. The molecule has 0 aliphatic carbocycles. The van der Waals surface area contributed by atoms with Crippen LogP contribution in [0.2, 0.25) is 5.02 Å². The number of hydrogen-bond acceptors (Lipinski definition) is 2. The normalized spacial score (nSPS) is 10.2. The molecule has 0 spiro atoms. The van der Waals surface area contributed by atoms with Crippen LogP contribution in [0, 0.1) is 0 Å². The Bertz CT molecular complexity index is 628. The second-order valence-electron chi connectivity index (χ2n) is 4.83. The summed E-state index contributed by atoms with van der Waals surface area (Å²) in [5.41, 5.74) is 1.83. The highest BCUT2D eigenvalue weighted by Crippen LogP contribution is 2.20. The maximum absolute atomic E-state index is 12.3. The van der Waals surface area contributed by atoms with Crippen molar-refractivity contribution in [1.82, 2.24) is 4.90 Å². The largest absolute Gasteiger partial charge is 0.496 e. The third-order valence-electron chi connectivity index (χ3n) is 3.33. The van der Waals surface area contributed by atoms with Crippen molar-refractivity contribution in [2.24, 2.45) is 0 Å². The lowest BCUT2D eigenvalue weighted by Crippen LogP contribution is -2.28. The molecular formula is C17H18ClNO2. The molecule has 110 valence electrons. The lowest BCUT2D eigenvalue weighted by Gasteiger charge is -2.18. The van der Waals surface area contributed by atoms with Gasteiger partial charge >= 0.3 is 0 Å².